The Bertz CT molecular complexity index is 542. The van der Waals surface area contributed by atoms with Crippen LogP contribution >= 0.6 is 0 Å². The molecule has 0 bridgehead atoms. The van der Waals surface area contributed by atoms with Gasteiger partial charge in [0.15, 0.2) is 5.82 Å². The molecule has 2 N–H and O–H groups in total. The van der Waals surface area contributed by atoms with Gasteiger partial charge in [0.05, 0.1) is 12.2 Å². The molecule has 0 amide bonds. The summed E-state index contributed by atoms with van der Waals surface area (Å²) < 4.78 is 30.5. The Kier molecular flexibility index (Phi) is 3.40. The van der Waals surface area contributed by atoms with Crippen LogP contribution < -0.4 is 10.5 Å². The zero-order chi connectivity index (χ0) is 13.1. The molecule has 18 heavy (non-hydrogen) atoms. The SMILES string of the molecule is Cc1c(N)nnn1Cc1ccccc1OC(F)F. The molecule has 0 aliphatic heterocycles. The Morgan fingerprint density at radius 2 is 2.11 bits per heavy atom. The van der Waals surface area contributed by atoms with Crippen molar-refractivity contribution in [2.24, 2.45) is 0 Å². The average molecular weight is 254 g/mol. The third kappa shape index (κ3) is 2.55. The summed E-state index contributed by atoms with van der Waals surface area (Å²) >= 11 is 0. The van der Waals surface area contributed by atoms with Crippen molar-refractivity contribution in [3.05, 3.63) is 35.5 Å². The first-order valence-corrected chi connectivity index (χ1v) is 5.26. The van der Waals surface area contributed by atoms with Gasteiger partial charge in [0.2, 0.25) is 0 Å². The molecule has 0 spiro atoms. The summed E-state index contributed by atoms with van der Waals surface area (Å²) in [4.78, 5) is 0. The van der Waals surface area contributed by atoms with Gasteiger partial charge in [-0.05, 0) is 13.0 Å². The number of rotatable bonds is 4. The molecule has 5 nitrogen and oxygen atoms in total. The summed E-state index contributed by atoms with van der Waals surface area (Å²) in [6, 6.07) is 6.54. The third-order valence-corrected chi connectivity index (χ3v) is 2.53. The van der Waals surface area contributed by atoms with E-state index in [1.807, 2.05) is 0 Å². The van der Waals surface area contributed by atoms with Crippen LogP contribution in [-0.2, 0) is 6.54 Å². The average Bonchev–Trinajstić information content (AvgIpc) is 2.63. The van der Waals surface area contributed by atoms with Gasteiger partial charge in [0.25, 0.3) is 0 Å². The quantitative estimate of drug-likeness (QED) is 0.903. The smallest absolute Gasteiger partial charge is 0.387 e. The molecule has 0 aliphatic carbocycles. The first-order valence-electron chi connectivity index (χ1n) is 5.26. The van der Waals surface area contributed by atoms with Crippen molar-refractivity contribution >= 4 is 5.82 Å². The van der Waals surface area contributed by atoms with Gasteiger partial charge in [-0.3, -0.25) is 0 Å². The highest BCUT2D eigenvalue weighted by molar-refractivity contribution is 5.36. The van der Waals surface area contributed by atoms with Crippen molar-refractivity contribution in [1.29, 1.82) is 0 Å². The topological polar surface area (TPSA) is 66.0 Å². The van der Waals surface area contributed by atoms with E-state index < -0.39 is 6.61 Å². The lowest BCUT2D eigenvalue weighted by molar-refractivity contribution is -0.0505. The molecule has 7 heteroatoms. The van der Waals surface area contributed by atoms with Crippen molar-refractivity contribution in [3.63, 3.8) is 0 Å². The van der Waals surface area contributed by atoms with Crippen molar-refractivity contribution < 1.29 is 13.5 Å². The number of halogens is 2. The van der Waals surface area contributed by atoms with E-state index >= 15 is 0 Å². The van der Waals surface area contributed by atoms with Gasteiger partial charge in [0.1, 0.15) is 5.75 Å². The van der Waals surface area contributed by atoms with E-state index in [4.69, 9.17) is 5.73 Å². The molecular formula is C11H12F2N4O. The van der Waals surface area contributed by atoms with Gasteiger partial charge >= 0.3 is 6.61 Å². The number of benzene rings is 1. The lowest BCUT2D eigenvalue weighted by Crippen LogP contribution is -2.09. The van der Waals surface area contributed by atoms with E-state index in [0.717, 1.165) is 0 Å². The zero-order valence-corrected chi connectivity index (χ0v) is 9.68. The molecule has 0 fully saturated rings. The summed E-state index contributed by atoms with van der Waals surface area (Å²) in [5, 5.41) is 7.53. The lowest BCUT2D eigenvalue weighted by Gasteiger charge is -2.10. The first kappa shape index (κ1) is 12.3. The molecule has 0 aliphatic rings. The molecule has 0 saturated carbocycles. The fraction of sp³-hybridized carbons (Fsp3) is 0.273. The monoisotopic (exact) mass is 254 g/mol. The second-order valence-electron chi connectivity index (χ2n) is 3.70. The largest absolute Gasteiger partial charge is 0.434 e. The molecule has 0 unspecified atom stereocenters. The molecule has 0 atom stereocenters. The van der Waals surface area contributed by atoms with Crippen LogP contribution in [-0.4, -0.2) is 21.6 Å². The van der Waals surface area contributed by atoms with Crippen molar-refractivity contribution in [2.45, 2.75) is 20.1 Å². The van der Waals surface area contributed by atoms with Crippen LogP contribution in [0, 0.1) is 6.92 Å². The van der Waals surface area contributed by atoms with Crippen LogP contribution in [0.1, 0.15) is 11.3 Å². The van der Waals surface area contributed by atoms with E-state index in [0.29, 0.717) is 17.1 Å². The maximum Gasteiger partial charge on any atom is 0.387 e. The Morgan fingerprint density at radius 3 is 2.72 bits per heavy atom. The summed E-state index contributed by atoms with van der Waals surface area (Å²) in [5.74, 6) is 0.447. The molecule has 0 saturated heterocycles. The van der Waals surface area contributed by atoms with Crippen molar-refractivity contribution in [3.8, 4) is 5.75 Å². The lowest BCUT2D eigenvalue weighted by atomic mass is 10.2. The zero-order valence-electron chi connectivity index (χ0n) is 9.68. The van der Waals surface area contributed by atoms with E-state index in [-0.39, 0.29) is 12.3 Å². The standard InChI is InChI=1S/C11H12F2N4O/c1-7-10(14)15-16-17(7)6-8-4-2-3-5-9(8)18-11(12)13/h2-5,11H,6,14H2,1H3. The summed E-state index contributed by atoms with van der Waals surface area (Å²) in [6.07, 6.45) is 0. The Morgan fingerprint density at radius 1 is 1.39 bits per heavy atom. The van der Waals surface area contributed by atoms with E-state index in [1.165, 1.54) is 10.7 Å². The van der Waals surface area contributed by atoms with Gasteiger partial charge in [-0.15, -0.1) is 5.10 Å². The van der Waals surface area contributed by atoms with E-state index in [9.17, 15) is 8.78 Å². The fourth-order valence-electron chi connectivity index (χ4n) is 1.53. The van der Waals surface area contributed by atoms with Crippen LogP contribution in [0.4, 0.5) is 14.6 Å². The minimum atomic E-state index is -2.85. The minimum absolute atomic E-state index is 0.126. The Labute approximate surface area is 102 Å². The molecule has 0 radical (unpaired) electrons. The van der Waals surface area contributed by atoms with Crippen LogP contribution in [0.2, 0.25) is 0 Å². The minimum Gasteiger partial charge on any atom is -0.434 e. The molecule has 1 aromatic heterocycles. The molecule has 2 aromatic rings. The van der Waals surface area contributed by atoms with Crippen LogP contribution in [0.5, 0.6) is 5.75 Å². The number of para-hydroxylation sites is 1. The maximum absolute atomic E-state index is 12.2. The number of hydrogen-bond acceptors (Lipinski definition) is 4. The van der Waals surface area contributed by atoms with Crippen molar-refractivity contribution in [1.82, 2.24) is 15.0 Å². The predicted molar refractivity (Wildman–Crippen MR) is 61.3 cm³/mol. The number of nitrogens with two attached hydrogens (primary N) is 1. The van der Waals surface area contributed by atoms with Gasteiger partial charge in [-0.1, -0.05) is 23.4 Å². The highest BCUT2D eigenvalue weighted by Gasteiger charge is 2.11. The number of nitrogens with zero attached hydrogens (tertiary/aromatic N) is 3. The number of anilines is 1. The fourth-order valence-corrected chi connectivity index (χ4v) is 1.53. The normalized spacial score (nSPS) is 10.9. The summed E-state index contributed by atoms with van der Waals surface area (Å²) in [5.41, 5.74) is 6.84. The molecule has 96 valence electrons. The van der Waals surface area contributed by atoms with E-state index in [2.05, 4.69) is 15.0 Å². The number of alkyl halides is 2. The van der Waals surface area contributed by atoms with Crippen LogP contribution in [0.3, 0.4) is 0 Å². The van der Waals surface area contributed by atoms with Gasteiger partial charge in [-0.2, -0.15) is 8.78 Å². The number of nitrogen functional groups attached to an aromatic ring is 1. The molecule has 2 rings (SSSR count). The number of aromatic nitrogens is 3. The summed E-state index contributed by atoms with van der Waals surface area (Å²) in [6.45, 7) is -0.821. The molecular weight excluding hydrogens is 242 g/mol. The van der Waals surface area contributed by atoms with Crippen molar-refractivity contribution in [2.75, 3.05) is 5.73 Å². The van der Waals surface area contributed by atoms with E-state index in [1.54, 1.807) is 25.1 Å². The second-order valence-corrected chi connectivity index (χ2v) is 3.70. The maximum atomic E-state index is 12.2. The van der Waals surface area contributed by atoms with Gasteiger partial charge in [0, 0.05) is 5.56 Å². The number of ether oxygens (including phenoxy) is 1. The highest BCUT2D eigenvalue weighted by Crippen LogP contribution is 2.21. The van der Waals surface area contributed by atoms with Gasteiger partial charge in [-0.25, -0.2) is 4.68 Å². The molecule has 1 aromatic carbocycles. The predicted octanol–water partition coefficient (Wildman–Crippen LogP) is 1.82. The van der Waals surface area contributed by atoms with Crippen LogP contribution in [0.25, 0.3) is 0 Å². The first-order chi connectivity index (χ1) is 8.58. The summed E-state index contributed by atoms with van der Waals surface area (Å²) in [7, 11) is 0. The third-order valence-electron chi connectivity index (χ3n) is 2.53. The number of hydrogen-bond donors (Lipinski definition) is 1. The Hall–Kier alpha value is -2.18. The Balaban J connectivity index is 2.26. The highest BCUT2D eigenvalue weighted by atomic mass is 19.3. The molecule has 1 heterocycles. The van der Waals surface area contributed by atoms with Crippen LogP contribution in [0.15, 0.2) is 24.3 Å². The van der Waals surface area contributed by atoms with Gasteiger partial charge < -0.3 is 10.5 Å². The second kappa shape index (κ2) is 4.99.